The van der Waals surface area contributed by atoms with Crippen molar-refractivity contribution in [1.29, 1.82) is 0 Å². The third-order valence-electron chi connectivity index (χ3n) is 10.9. The van der Waals surface area contributed by atoms with E-state index < -0.39 is 0 Å². The summed E-state index contributed by atoms with van der Waals surface area (Å²) in [4.78, 5) is 11.5. The van der Waals surface area contributed by atoms with Gasteiger partial charge in [-0.2, -0.15) is 0 Å². The lowest BCUT2D eigenvalue weighted by atomic mass is 9.47. The number of esters is 1. The summed E-state index contributed by atoms with van der Waals surface area (Å²) in [6.07, 6.45) is 17.8. The van der Waals surface area contributed by atoms with Gasteiger partial charge in [-0.3, -0.25) is 4.79 Å². The van der Waals surface area contributed by atoms with Crippen molar-refractivity contribution in [2.75, 3.05) is 0 Å². The molecule has 0 spiro atoms. The summed E-state index contributed by atoms with van der Waals surface area (Å²) >= 11 is 0. The van der Waals surface area contributed by atoms with Gasteiger partial charge in [-0.1, -0.05) is 65.3 Å². The first kappa shape index (κ1) is 24.1. The van der Waals surface area contributed by atoms with Crippen molar-refractivity contribution in [3.8, 4) is 0 Å². The zero-order valence-corrected chi connectivity index (χ0v) is 21.8. The molecule has 0 radical (unpaired) electrons. The second-order valence-electron chi connectivity index (χ2n) is 12.8. The molecule has 3 fully saturated rings. The Morgan fingerprint density at radius 3 is 2.47 bits per heavy atom. The SMILES string of the molecule is CC(=O)OC1CCC2(C)C(=CCC3C2CCC2(C)C(C(C)/C=C/C(C)C(C)C)CCC32)C1. The Morgan fingerprint density at radius 2 is 1.78 bits per heavy atom. The van der Waals surface area contributed by atoms with Crippen molar-refractivity contribution in [3.05, 3.63) is 23.8 Å². The quantitative estimate of drug-likeness (QED) is 0.320. The molecule has 3 saturated carbocycles. The van der Waals surface area contributed by atoms with Crippen LogP contribution in [-0.2, 0) is 9.53 Å². The van der Waals surface area contributed by atoms with Gasteiger partial charge >= 0.3 is 5.97 Å². The number of fused-ring (bicyclic) bond motifs is 5. The minimum atomic E-state index is -0.121. The molecule has 4 rings (SSSR count). The van der Waals surface area contributed by atoms with E-state index >= 15 is 0 Å². The maximum atomic E-state index is 11.5. The molecule has 9 atom stereocenters. The van der Waals surface area contributed by atoms with Gasteiger partial charge in [0.1, 0.15) is 6.10 Å². The Morgan fingerprint density at radius 1 is 1.03 bits per heavy atom. The van der Waals surface area contributed by atoms with E-state index in [4.69, 9.17) is 4.74 Å². The fourth-order valence-electron chi connectivity index (χ4n) is 8.57. The fourth-order valence-corrected chi connectivity index (χ4v) is 8.57. The number of carbonyl (C=O) groups excluding carboxylic acids is 1. The standard InChI is InChI=1S/C30H48O2/c1-19(2)20(3)8-9-21(4)26-12-13-27-25-11-10-23-18-24(32-22(5)31)14-16-29(23,6)28(25)15-17-30(26,27)7/h8-10,19-21,24-28H,11-18H2,1-7H3/b9-8+. The van der Waals surface area contributed by atoms with Crippen LogP contribution in [0.15, 0.2) is 23.8 Å². The van der Waals surface area contributed by atoms with Crippen LogP contribution in [0.4, 0.5) is 0 Å². The average Bonchev–Trinajstić information content (AvgIpc) is 3.08. The molecule has 180 valence electrons. The Labute approximate surface area is 197 Å². The highest BCUT2D eigenvalue weighted by Crippen LogP contribution is 2.67. The maximum Gasteiger partial charge on any atom is 0.302 e. The number of allylic oxidation sites excluding steroid dienone is 3. The van der Waals surface area contributed by atoms with Crippen LogP contribution in [-0.4, -0.2) is 12.1 Å². The third-order valence-corrected chi connectivity index (χ3v) is 10.9. The highest BCUT2D eigenvalue weighted by atomic mass is 16.5. The lowest BCUT2D eigenvalue weighted by Gasteiger charge is -2.58. The van der Waals surface area contributed by atoms with Gasteiger partial charge in [0, 0.05) is 13.3 Å². The zero-order chi connectivity index (χ0) is 23.3. The van der Waals surface area contributed by atoms with Crippen molar-refractivity contribution in [1.82, 2.24) is 0 Å². The Balaban J connectivity index is 1.50. The summed E-state index contributed by atoms with van der Waals surface area (Å²) < 4.78 is 5.62. The second kappa shape index (κ2) is 8.95. The van der Waals surface area contributed by atoms with Crippen LogP contribution >= 0.6 is 0 Å². The van der Waals surface area contributed by atoms with E-state index in [1.807, 2.05) is 0 Å². The topological polar surface area (TPSA) is 26.3 Å². The van der Waals surface area contributed by atoms with E-state index in [1.54, 1.807) is 12.5 Å². The van der Waals surface area contributed by atoms with Crippen LogP contribution in [0.1, 0.15) is 99.8 Å². The van der Waals surface area contributed by atoms with Crippen LogP contribution in [0.2, 0.25) is 0 Å². The molecule has 0 N–H and O–H groups in total. The molecule has 0 aromatic carbocycles. The first-order valence-corrected chi connectivity index (χ1v) is 13.6. The molecule has 0 heterocycles. The van der Waals surface area contributed by atoms with E-state index in [1.165, 1.54) is 38.5 Å². The molecule has 2 nitrogen and oxygen atoms in total. The summed E-state index contributed by atoms with van der Waals surface area (Å²) in [5, 5.41) is 0. The third kappa shape index (κ3) is 4.14. The van der Waals surface area contributed by atoms with Gasteiger partial charge in [0.25, 0.3) is 0 Å². The van der Waals surface area contributed by atoms with Crippen LogP contribution in [0.3, 0.4) is 0 Å². The number of hydrogen-bond donors (Lipinski definition) is 0. The molecule has 32 heavy (non-hydrogen) atoms. The van der Waals surface area contributed by atoms with Crippen LogP contribution in [0.5, 0.6) is 0 Å². The Kier molecular flexibility index (Phi) is 6.74. The summed E-state index contributed by atoms with van der Waals surface area (Å²) in [5.41, 5.74) is 2.44. The molecular weight excluding hydrogens is 392 g/mol. The molecule has 9 unspecified atom stereocenters. The summed E-state index contributed by atoms with van der Waals surface area (Å²) in [5.74, 6) is 5.35. The van der Waals surface area contributed by atoms with Gasteiger partial charge < -0.3 is 4.74 Å². The predicted molar refractivity (Wildman–Crippen MR) is 133 cm³/mol. The fraction of sp³-hybridized carbons (Fsp3) is 0.833. The minimum absolute atomic E-state index is 0.106. The van der Waals surface area contributed by atoms with Gasteiger partial charge in [-0.05, 0) is 97.2 Å². The van der Waals surface area contributed by atoms with Crippen LogP contribution in [0.25, 0.3) is 0 Å². The Bertz CT molecular complexity index is 763. The highest BCUT2D eigenvalue weighted by Gasteiger charge is 2.59. The molecule has 0 aliphatic heterocycles. The molecule has 0 aromatic heterocycles. The molecule has 0 aromatic rings. The van der Waals surface area contributed by atoms with Gasteiger partial charge in [0.05, 0.1) is 0 Å². The molecule has 0 amide bonds. The van der Waals surface area contributed by atoms with Crippen molar-refractivity contribution < 1.29 is 9.53 Å². The molecule has 2 heteroatoms. The van der Waals surface area contributed by atoms with Crippen molar-refractivity contribution in [2.24, 2.45) is 52.3 Å². The Hall–Kier alpha value is -1.05. The van der Waals surface area contributed by atoms with Crippen molar-refractivity contribution >= 4 is 5.97 Å². The molecule has 0 bridgehead atoms. The summed E-state index contributed by atoms with van der Waals surface area (Å²) in [6, 6.07) is 0. The van der Waals surface area contributed by atoms with E-state index in [2.05, 4.69) is 59.8 Å². The lowest BCUT2D eigenvalue weighted by Crippen LogP contribution is -2.51. The van der Waals surface area contributed by atoms with E-state index in [9.17, 15) is 4.79 Å². The molecule has 4 aliphatic carbocycles. The van der Waals surface area contributed by atoms with E-state index in [0.717, 1.165) is 42.4 Å². The van der Waals surface area contributed by atoms with Gasteiger partial charge in [-0.15, -0.1) is 0 Å². The van der Waals surface area contributed by atoms with Crippen molar-refractivity contribution in [3.63, 3.8) is 0 Å². The van der Waals surface area contributed by atoms with Gasteiger partial charge in [-0.25, -0.2) is 0 Å². The maximum absolute atomic E-state index is 11.5. The molecule has 4 aliphatic rings. The summed E-state index contributed by atoms with van der Waals surface area (Å²) in [7, 11) is 0. The van der Waals surface area contributed by atoms with E-state index in [0.29, 0.717) is 22.7 Å². The first-order chi connectivity index (χ1) is 15.1. The van der Waals surface area contributed by atoms with Crippen LogP contribution < -0.4 is 0 Å². The average molecular weight is 441 g/mol. The lowest BCUT2D eigenvalue weighted by molar-refractivity contribution is -0.148. The smallest absolute Gasteiger partial charge is 0.302 e. The zero-order valence-electron chi connectivity index (χ0n) is 21.8. The monoisotopic (exact) mass is 440 g/mol. The number of hydrogen-bond acceptors (Lipinski definition) is 2. The predicted octanol–water partition coefficient (Wildman–Crippen LogP) is 7.98. The number of ether oxygens (including phenoxy) is 1. The normalized spacial score (nSPS) is 43.2. The first-order valence-electron chi connectivity index (χ1n) is 13.6. The van der Waals surface area contributed by atoms with E-state index in [-0.39, 0.29) is 12.1 Å². The van der Waals surface area contributed by atoms with Crippen LogP contribution in [0, 0.1) is 52.3 Å². The van der Waals surface area contributed by atoms with Crippen molar-refractivity contribution in [2.45, 2.75) is 106 Å². The number of rotatable bonds is 5. The summed E-state index contributed by atoms with van der Waals surface area (Å²) in [6.45, 7) is 16.3. The van der Waals surface area contributed by atoms with Gasteiger partial charge in [0.15, 0.2) is 0 Å². The molecular formula is C30H48O2. The number of carbonyl (C=O) groups is 1. The molecule has 0 saturated heterocycles. The highest BCUT2D eigenvalue weighted by molar-refractivity contribution is 5.66. The second-order valence-corrected chi connectivity index (χ2v) is 12.8. The largest absolute Gasteiger partial charge is 0.462 e. The minimum Gasteiger partial charge on any atom is -0.462 e. The van der Waals surface area contributed by atoms with Gasteiger partial charge in [0.2, 0.25) is 0 Å².